The van der Waals surface area contributed by atoms with Crippen LogP contribution in [0.2, 0.25) is 0 Å². The van der Waals surface area contributed by atoms with Crippen molar-refractivity contribution < 1.29 is 27.5 Å². The topological polar surface area (TPSA) is 111 Å². The van der Waals surface area contributed by atoms with Gasteiger partial charge in [-0.15, -0.1) is 11.3 Å². The Morgan fingerprint density at radius 3 is 2.42 bits per heavy atom. The molecule has 0 aliphatic carbocycles. The zero-order chi connectivity index (χ0) is 22.6. The summed E-state index contributed by atoms with van der Waals surface area (Å²) in [6.45, 7) is 3.23. The van der Waals surface area contributed by atoms with Crippen molar-refractivity contribution in [3.63, 3.8) is 0 Å². The molecule has 2 N–H and O–H groups in total. The fourth-order valence-electron chi connectivity index (χ4n) is 2.76. The predicted octanol–water partition coefficient (Wildman–Crippen LogP) is 3.39. The molecule has 0 aliphatic heterocycles. The second-order valence-electron chi connectivity index (χ2n) is 6.94. The number of carbonyl (C=O) groups excluding carboxylic acids is 2. The molecule has 3 rings (SSSR count). The molecule has 31 heavy (non-hydrogen) atoms. The number of nitrogens with one attached hydrogen (secondary N) is 2. The number of ether oxygens (including phenoxy) is 2. The van der Waals surface area contributed by atoms with E-state index in [-0.39, 0.29) is 23.5 Å². The number of esters is 1. The molecule has 10 heteroatoms. The van der Waals surface area contributed by atoms with Crippen LogP contribution in [-0.2, 0) is 19.6 Å². The van der Waals surface area contributed by atoms with Gasteiger partial charge in [0.25, 0.3) is 5.91 Å². The van der Waals surface area contributed by atoms with Crippen LogP contribution in [0.1, 0.15) is 23.5 Å². The summed E-state index contributed by atoms with van der Waals surface area (Å²) in [6, 6.07) is 12.6. The van der Waals surface area contributed by atoms with Crippen molar-refractivity contribution in [3.05, 3.63) is 53.4 Å². The molecule has 8 nitrogen and oxygen atoms in total. The first-order valence-corrected chi connectivity index (χ1v) is 11.6. The van der Waals surface area contributed by atoms with Gasteiger partial charge in [-0.2, -0.15) is 0 Å². The first kappa shape index (κ1) is 22.7. The molecule has 2 aromatic carbocycles. The molecule has 0 saturated heterocycles. The van der Waals surface area contributed by atoms with Gasteiger partial charge in [0.15, 0.2) is 6.61 Å². The lowest BCUT2D eigenvalue weighted by Crippen LogP contribution is -2.30. The summed E-state index contributed by atoms with van der Waals surface area (Å²) >= 11 is 1.31. The van der Waals surface area contributed by atoms with Crippen molar-refractivity contribution >= 4 is 49.0 Å². The molecule has 0 radical (unpaired) electrons. The van der Waals surface area contributed by atoms with Crippen molar-refractivity contribution in [2.75, 3.05) is 19.0 Å². The Labute approximate surface area is 184 Å². The van der Waals surface area contributed by atoms with E-state index in [4.69, 9.17) is 9.47 Å². The van der Waals surface area contributed by atoms with Gasteiger partial charge in [-0.05, 0) is 67.8 Å². The van der Waals surface area contributed by atoms with Gasteiger partial charge in [-0.3, -0.25) is 4.79 Å². The molecule has 1 heterocycles. The maximum Gasteiger partial charge on any atom is 0.348 e. The summed E-state index contributed by atoms with van der Waals surface area (Å²) in [5.74, 6) is -0.408. The van der Waals surface area contributed by atoms with Crippen LogP contribution in [-0.4, -0.2) is 40.1 Å². The minimum atomic E-state index is -3.58. The Balaban J connectivity index is 1.59. The summed E-state index contributed by atoms with van der Waals surface area (Å²) in [4.78, 5) is 24.5. The lowest BCUT2D eigenvalue weighted by atomic mass is 10.2. The Kier molecular flexibility index (Phi) is 6.94. The smallest absolute Gasteiger partial charge is 0.348 e. The van der Waals surface area contributed by atoms with Gasteiger partial charge >= 0.3 is 5.97 Å². The molecule has 164 valence electrons. The highest BCUT2D eigenvalue weighted by Gasteiger charge is 2.15. The SMILES string of the molecule is COC(=O)c1cc2cc(NC(=O)COc3ccc(S(=O)(=O)NC(C)C)cc3)ccc2s1. The average Bonchev–Trinajstić information content (AvgIpc) is 3.14. The highest BCUT2D eigenvalue weighted by atomic mass is 32.2. The third-order valence-corrected chi connectivity index (χ3v) is 6.85. The zero-order valence-electron chi connectivity index (χ0n) is 17.2. The average molecular weight is 463 g/mol. The molecule has 3 aromatic rings. The van der Waals surface area contributed by atoms with Crippen LogP contribution in [0.25, 0.3) is 10.1 Å². The van der Waals surface area contributed by atoms with Crippen molar-refractivity contribution in [1.82, 2.24) is 4.72 Å². The molecular weight excluding hydrogens is 440 g/mol. The minimum absolute atomic E-state index is 0.119. The van der Waals surface area contributed by atoms with E-state index in [0.29, 0.717) is 16.3 Å². The van der Waals surface area contributed by atoms with Gasteiger partial charge in [0, 0.05) is 16.4 Å². The van der Waals surface area contributed by atoms with E-state index >= 15 is 0 Å². The molecule has 0 saturated carbocycles. The van der Waals surface area contributed by atoms with Crippen molar-refractivity contribution in [2.45, 2.75) is 24.8 Å². The van der Waals surface area contributed by atoms with Crippen molar-refractivity contribution in [1.29, 1.82) is 0 Å². The van der Waals surface area contributed by atoms with Crippen LogP contribution in [0.4, 0.5) is 5.69 Å². The summed E-state index contributed by atoms with van der Waals surface area (Å²) in [7, 11) is -2.26. The third kappa shape index (κ3) is 5.81. The summed E-state index contributed by atoms with van der Waals surface area (Å²) in [5.41, 5.74) is 0.566. The maximum atomic E-state index is 12.2. The number of methoxy groups -OCH3 is 1. The molecule has 0 bridgehead atoms. The number of thiophene rings is 1. The maximum absolute atomic E-state index is 12.2. The molecule has 0 unspecified atom stereocenters. The molecule has 1 aromatic heterocycles. The molecule has 1 amide bonds. The number of amides is 1. The number of carbonyl (C=O) groups is 2. The van der Waals surface area contributed by atoms with E-state index < -0.39 is 16.0 Å². The van der Waals surface area contributed by atoms with E-state index in [1.54, 1.807) is 32.0 Å². The second kappa shape index (κ2) is 9.46. The first-order valence-electron chi connectivity index (χ1n) is 9.35. The van der Waals surface area contributed by atoms with Crippen LogP contribution in [0, 0.1) is 0 Å². The minimum Gasteiger partial charge on any atom is -0.484 e. The number of benzene rings is 2. The normalized spacial score (nSPS) is 11.5. The zero-order valence-corrected chi connectivity index (χ0v) is 18.8. The fraction of sp³-hybridized carbons (Fsp3) is 0.238. The standard InChI is InChI=1S/C21H22N2O6S2/c1-13(2)23-31(26,27)17-7-5-16(6-8-17)29-12-20(24)22-15-4-9-18-14(10-15)11-19(30-18)21(25)28-3/h4-11,13,23H,12H2,1-3H3,(H,22,24). The predicted molar refractivity (Wildman–Crippen MR) is 119 cm³/mol. The summed E-state index contributed by atoms with van der Waals surface area (Å²) < 4.78 is 37.8. The molecule has 0 atom stereocenters. The van der Waals surface area contributed by atoms with Crippen LogP contribution in [0.3, 0.4) is 0 Å². The van der Waals surface area contributed by atoms with Gasteiger partial charge < -0.3 is 14.8 Å². The highest BCUT2D eigenvalue weighted by Crippen LogP contribution is 2.28. The van der Waals surface area contributed by atoms with Crippen LogP contribution >= 0.6 is 11.3 Å². The van der Waals surface area contributed by atoms with E-state index in [0.717, 1.165) is 10.1 Å². The Hall–Kier alpha value is -2.95. The van der Waals surface area contributed by atoms with Crippen LogP contribution < -0.4 is 14.8 Å². The Bertz CT molecular complexity index is 1200. The number of hydrogen-bond acceptors (Lipinski definition) is 7. The van der Waals surface area contributed by atoms with Crippen LogP contribution in [0.15, 0.2) is 53.4 Å². The van der Waals surface area contributed by atoms with Gasteiger partial charge in [0.1, 0.15) is 10.6 Å². The van der Waals surface area contributed by atoms with Gasteiger partial charge in [-0.25, -0.2) is 17.9 Å². The quantitative estimate of drug-likeness (QED) is 0.497. The second-order valence-corrected chi connectivity index (χ2v) is 9.74. The monoisotopic (exact) mass is 462 g/mol. The van der Waals surface area contributed by atoms with E-state index in [1.165, 1.54) is 42.7 Å². The summed E-state index contributed by atoms with van der Waals surface area (Å²) in [5, 5.41) is 3.55. The largest absolute Gasteiger partial charge is 0.484 e. The lowest BCUT2D eigenvalue weighted by Gasteiger charge is -2.11. The van der Waals surface area contributed by atoms with Gasteiger partial charge in [0.05, 0.1) is 12.0 Å². The van der Waals surface area contributed by atoms with E-state index in [2.05, 4.69) is 10.0 Å². The van der Waals surface area contributed by atoms with Crippen molar-refractivity contribution in [3.8, 4) is 5.75 Å². The van der Waals surface area contributed by atoms with E-state index in [9.17, 15) is 18.0 Å². The number of hydrogen-bond donors (Lipinski definition) is 2. The number of rotatable bonds is 8. The molecule has 0 fully saturated rings. The lowest BCUT2D eigenvalue weighted by molar-refractivity contribution is -0.118. The first-order chi connectivity index (χ1) is 14.7. The summed E-state index contributed by atoms with van der Waals surface area (Å²) in [6.07, 6.45) is 0. The van der Waals surface area contributed by atoms with E-state index in [1.807, 2.05) is 6.07 Å². The molecule has 0 spiro atoms. The van der Waals surface area contributed by atoms with Crippen LogP contribution in [0.5, 0.6) is 5.75 Å². The third-order valence-electron chi connectivity index (χ3n) is 4.08. The highest BCUT2D eigenvalue weighted by molar-refractivity contribution is 7.89. The number of anilines is 1. The van der Waals surface area contributed by atoms with Gasteiger partial charge in [-0.1, -0.05) is 0 Å². The van der Waals surface area contributed by atoms with Gasteiger partial charge in [0.2, 0.25) is 10.0 Å². The number of sulfonamides is 1. The Morgan fingerprint density at radius 2 is 1.77 bits per heavy atom. The molecular formula is C21H22N2O6S2. The molecule has 0 aliphatic rings. The number of fused-ring (bicyclic) bond motifs is 1. The fourth-order valence-corrected chi connectivity index (χ4v) is 4.97. The Morgan fingerprint density at radius 1 is 1.06 bits per heavy atom. The van der Waals surface area contributed by atoms with Crippen molar-refractivity contribution in [2.24, 2.45) is 0 Å².